The lowest BCUT2D eigenvalue weighted by atomic mass is 10.3. The molecular weight excluding hydrogens is 280 g/mol. The first-order valence-electron chi connectivity index (χ1n) is 5.19. The van der Waals surface area contributed by atoms with E-state index in [1.165, 1.54) is 0 Å². The van der Waals surface area contributed by atoms with Crippen molar-refractivity contribution < 1.29 is 0 Å². The second kappa shape index (κ2) is 4.25. The fourth-order valence-corrected chi connectivity index (χ4v) is 2.07. The van der Waals surface area contributed by atoms with E-state index in [2.05, 4.69) is 31.0 Å². The zero-order valence-electron chi connectivity index (χ0n) is 8.92. The van der Waals surface area contributed by atoms with Gasteiger partial charge in [0.25, 0.3) is 0 Å². The average molecular weight is 289 g/mol. The van der Waals surface area contributed by atoms with Gasteiger partial charge < -0.3 is 0 Å². The zero-order chi connectivity index (χ0) is 11.7. The van der Waals surface area contributed by atoms with E-state index in [9.17, 15) is 0 Å². The molecule has 0 atom stereocenters. The first-order chi connectivity index (χ1) is 8.33. The summed E-state index contributed by atoms with van der Waals surface area (Å²) in [6.07, 6.45) is 7.18. The Balaban J connectivity index is 2.01. The van der Waals surface area contributed by atoms with Crippen molar-refractivity contribution in [2.45, 2.75) is 6.54 Å². The van der Waals surface area contributed by atoms with Gasteiger partial charge in [0.15, 0.2) is 5.65 Å². The maximum Gasteiger partial charge on any atom is 0.158 e. The van der Waals surface area contributed by atoms with Crippen LogP contribution in [-0.2, 0) is 6.54 Å². The molecule has 3 heterocycles. The second-order valence-corrected chi connectivity index (χ2v) is 4.64. The van der Waals surface area contributed by atoms with Gasteiger partial charge in [-0.25, -0.2) is 9.67 Å². The Morgan fingerprint density at radius 2 is 2.00 bits per heavy atom. The van der Waals surface area contributed by atoms with E-state index in [4.69, 9.17) is 0 Å². The number of pyridine rings is 2. The summed E-state index contributed by atoms with van der Waals surface area (Å²) in [7, 11) is 0. The van der Waals surface area contributed by atoms with Crippen LogP contribution >= 0.6 is 15.9 Å². The molecule has 5 heteroatoms. The summed E-state index contributed by atoms with van der Waals surface area (Å²) in [6, 6.07) is 5.97. The third-order valence-electron chi connectivity index (χ3n) is 2.52. The molecule has 0 fully saturated rings. The van der Waals surface area contributed by atoms with Crippen LogP contribution in [0.2, 0.25) is 0 Å². The van der Waals surface area contributed by atoms with Gasteiger partial charge in [-0.2, -0.15) is 5.10 Å². The van der Waals surface area contributed by atoms with Gasteiger partial charge in [0, 0.05) is 28.4 Å². The van der Waals surface area contributed by atoms with E-state index in [1.54, 1.807) is 18.6 Å². The van der Waals surface area contributed by atoms with Crippen molar-refractivity contribution in [3.8, 4) is 0 Å². The highest BCUT2D eigenvalue weighted by Crippen LogP contribution is 2.17. The number of aromatic nitrogens is 4. The van der Waals surface area contributed by atoms with Crippen molar-refractivity contribution in [1.29, 1.82) is 0 Å². The predicted molar refractivity (Wildman–Crippen MR) is 68.6 cm³/mol. The number of nitrogens with zero attached hydrogens (tertiary/aromatic N) is 4. The summed E-state index contributed by atoms with van der Waals surface area (Å²) >= 11 is 3.40. The first-order valence-corrected chi connectivity index (χ1v) is 5.98. The highest BCUT2D eigenvalue weighted by atomic mass is 79.9. The second-order valence-electron chi connectivity index (χ2n) is 3.72. The quantitative estimate of drug-likeness (QED) is 0.728. The maximum absolute atomic E-state index is 4.37. The Bertz CT molecular complexity index is 648. The fourth-order valence-electron chi connectivity index (χ4n) is 1.72. The number of fused-ring (bicyclic) bond motifs is 1. The van der Waals surface area contributed by atoms with Gasteiger partial charge in [-0.3, -0.25) is 4.98 Å². The van der Waals surface area contributed by atoms with Gasteiger partial charge >= 0.3 is 0 Å². The highest BCUT2D eigenvalue weighted by Gasteiger charge is 2.04. The molecule has 0 aromatic carbocycles. The minimum Gasteiger partial charge on any atom is -0.265 e. The van der Waals surface area contributed by atoms with Crippen molar-refractivity contribution >= 4 is 27.0 Å². The average Bonchev–Trinajstić information content (AvgIpc) is 2.73. The third-order valence-corrected chi connectivity index (χ3v) is 2.96. The molecule has 3 aromatic heterocycles. The summed E-state index contributed by atoms with van der Waals surface area (Å²) < 4.78 is 2.85. The molecule has 4 nitrogen and oxygen atoms in total. The van der Waals surface area contributed by atoms with Crippen LogP contribution < -0.4 is 0 Å². The largest absolute Gasteiger partial charge is 0.265 e. The van der Waals surface area contributed by atoms with Crippen LogP contribution in [0.5, 0.6) is 0 Å². The van der Waals surface area contributed by atoms with E-state index in [-0.39, 0.29) is 0 Å². The molecule has 0 aliphatic carbocycles. The molecule has 0 saturated heterocycles. The monoisotopic (exact) mass is 288 g/mol. The highest BCUT2D eigenvalue weighted by molar-refractivity contribution is 9.10. The molecule has 17 heavy (non-hydrogen) atoms. The summed E-state index contributed by atoms with van der Waals surface area (Å²) in [4.78, 5) is 8.37. The molecule has 0 unspecified atom stereocenters. The number of rotatable bonds is 2. The standard InChI is InChI=1S/C12H9BrN4/c13-11-5-10-6-16-17(12(10)15-7-11)8-9-1-3-14-4-2-9/h1-7H,8H2. The molecular formula is C12H9BrN4. The Labute approximate surface area is 106 Å². The minimum absolute atomic E-state index is 0.709. The van der Waals surface area contributed by atoms with Crippen LogP contribution in [0, 0.1) is 0 Å². The van der Waals surface area contributed by atoms with Crippen molar-refractivity contribution in [1.82, 2.24) is 19.7 Å². The number of hydrogen-bond donors (Lipinski definition) is 0. The molecule has 84 valence electrons. The van der Waals surface area contributed by atoms with Gasteiger partial charge in [-0.1, -0.05) is 0 Å². The molecule has 3 aromatic rings. The van der Waals surface area contributed by atoms with E-state index in [1.807, 2.05) is 29.1 Å². The van der Waals surface area contributed by atoms with Gasteiger partial charge in [0.2, 0.25) is 0 Å². The minimum atomic E-state index is 0.709. The molecule has 0 bridgehead atoms. The van der Waals surface area contributed by atoms with E-state index in [0.29, 0.717) is 6.54 Å². The third kappa shape index (κ3) is 2.06. The Kier molecular flexibility index (Phi) is 2.60. The van der Waals surface area contributed by atoms with E-state index in [0.717, 1.165) is 21.1 Å². The smallest absolute Gasteiger partial charge is 0.158 e. The fraction of sp³-hybridized carbons (Fsp3) is 0.0833. The van der Waals surface area contributed by atoms with Crippen molar-refractivity contribution in [2.75, 3.05) is 0 Å². The van der Waals surface area contributed by atoms with Crippen LogP contribution in [-0.4, -0.2) is 19.7 Å². The maximum atomic E-state index is 4.37. The van der Waals surface area contributed by atoms with Crippen LogP contribution in [0.15, 0.2) is 47.5 Å². The summed E-state index contributed by atoms with van der Waals surface area (Å²) in [5.74, 6) is 0. The van der Waals surface area contributed by atoms with Gasteiger partial charge in [0.1, 0.15) is 0 Å². The van der Waals surface area contributed by atoms with Crippen molar-refractivity contribution in [3.05, 3.63) is 53.0 Å². The van der Waals surface area contributed by atoms with Crippen LogP contribution in [0.1, 0.15) is 5.56 Å². The lowest BCUT2D eigenvalue weighted by Crippen LogP contribution is -2.02. The SMILES string of the molecule is Brc1cnc2c(cnn2Cc2ccncc2)c1. The molecule has 0 saturated carbocycles. The molecule has 0 aliphatic heterocycles. The molecule has 0 aliphatic rings. The predicted octanol–water partition coefficient (Wildman–Crippen LogP) is 2.64. The van der Waals surface area contributed by atoms with E-state index >= 15 is 0 Å². The molecule has 0 radical (unpaired) electrons. The normalized spacial score (nSPS) is 10.9. The zero-order valence-corrected chi connectivity index (χ0v) is 10.5. The Morgan fingerprint density at radius 1 is 1.18 bits per heavy atom. The van der Waals surface area contributed by atoms with Crippen molar-refractivity contribution in [3.63, 3.8) is 0 Å². The molecule has 0 spiro atoms. The van der Waals surface area contributed by atoms with Crippen LogP contribution in [0.4, 0.5) is 0 Å². The Morgan fingerprint density at radius 3 is 2.82 bits per heavy atom. The van der Waals surface area contributed by atoms with Crippen LogP contribution in [0.25, 0.3) is 11.0 Å². The topological polar surface area (TPSA) is 43.6 Å². The summed E-state index contributed by atoms with van der Waals surface area (Å²) in [5.41, 5.74) is 2.06. The van der Waals surface area contributed by atoms with Crippen molar-refractivity contribution in [2.24, 2.45) is 0 Å². The summed E-state index contributed by atoms with van der Waals surface area (Å²) in [5, 5.41) is 5.38. The number of halogens is 1. The molecule has 3 rings (SSSR count). The number of hydrogen-bond acceptors (Lipinski definition) is 3. The van der Waals surface area contributed by atoms with Crippen LogP contribution in [0.3, 0.4) is 0 Å². The van der Waals surface area contributed by atoms with Gasteiger partial charge in [-0.05, 0) is 39.7 Å². The molecule has 0 N–H and O–H groups in total. The van der Waals surface area contributed by atoms with E-state index < -0.39 is 0 Å². The lowest BCUT2D eigenvalue weighted by Gasteiger charge is -2.02. The summed E-state index contributed by atoms with van der Waals surface area (Å²) in [6.45, 7) is 0.709. The molecule has 0 amide bonds. The van der Waals surface area contributed by atoms with Gasteiger partial charge in [0.05, 0.1) is 12.7 Å². The first kappa shape index (κ1) is 10.4. The lowest BCUT2D eigenvalue weighted by molar-refractivity contribution is 0.703. The van der Waals surface area contributed by atoms with Gasteiger partial charge in [-0.15, -0.1) is 0 Å². The Hall–Kier alpha value is -1.75.